The summed E-state index contributed by atoms with van der Waals surface area (Å²) >= 11 is 5.76. The van der Waals surface area contributed by atoms with Crippen LogP contribution in [-0.2, 0) is 4.79 Å². The fourth-order valence-electron chi connectivity index (χ4n) is 1.72. The number of halogens is 1. The monoisotopic (exact) mass is 257 g/mol. The van der Waals surface area contributed by atoms with Crippen molar-refractivity contribution in [3.05, 3.63) is 38.9 Å². The minimum absolute atomic E-state index is 0.144. The average Bonchev–Trinajstić information content (AvgIpc) is 2.15. The zero-order valence-corrected chi connectivity index (χ0v) is 10.1. The Morgan fingerprint density at radius 2 is 2.06 bits per heavy atom. The molecule has 0 aliphatic heterocycles. The first-order valence-corrected chi connectivity index (χ1v) is 5.39. The van der Waals surface area contributed by atoms with Gasteiger partial charge < -0.3 is 5.11 Å². The van der Waals surface area contributed by atoms with Crippen molar-refractivity contribution in [3.63, 3.8) is 0 Å². The number of rotatable bonds is 4. The molecule has 92 valence electrons. The predicted molar refractivity (Wildman–Crippen MR) is 63.3 cm³/mol. The third-order valence-electron chi connectivity index (χ3n) is 2.45. The van der Waals surface area contributed by atoms with Gasteiger partial charge in [-0.05, 0) is 18.1 Å². The van der Waals surface area contributed by atoms with E-state index in [0.29, 0.717) is 0 Å². The first-order chi connectivity index (χ1) is 7.84. The molecule has 1 atom stereocenters. The van der Waals surface area contributed by atoms with Crippen molar-refractivity contribution in [3.8, 4) is 0 Å². The second-order valence-electron chi connectivity index (χ2n) is 4.02. The number of nitrogens with zero attached hydrogens (tertiary/aromatic N) is 1. The van der Waals surface area contributed by atoms with E-state index in [0.717, 1.165) is 0 Å². The van der Waals surface area contributed by atoms with E-state index in [4.69, 9.17) is 16.7 Å². The van der Waals surface area contributed by atoms with Crippen LogP contribution in [0.1, 0.15) is 25.3 Å². The summed E-state index contributed by atoms with van der Waals surface area (Å²) in [5.74, 6) is -2.29. The van der Waals surface area contributed by atoms with Crippen molar-refractivity contribution in [1.29, 1.82) is 0 Å². The number of carboxylic acid groups (broad SMARTS) is 1. The summed E-state index contributed by atoms with van der Waals surface area (Å²) in [6, 6.07) is 3.96. The minimum Gasteiger partial charge on any atom is -0.481 e. The molecule has 5 nitrogen and oxygen atoms in total. The van der Waals surface area contributed by atoms with Gasteiger partial charge in [-0.25, -0.2) is 0 Å². The maximum atomic E-state index is 11.2. The number of benzene rings is 1. The molecule has 1 unspecified atom stereocenters. The van der Waals surface area contributed by atoms with Crippen molar-refractivity contribution in [2.45, 2.75) is 19.8 Å². The van der Waals surface area contributed by atoms with Crippen LogP contribution in [0.15, 0.2) is 18.2 Å². The van der Waals surface area contributed by atoms with Crippen LogP contribution in [0.3, 0.4) is 0 Å². The van der Waals surface area contributed by atoms with Crippen LogP contribution in [0.2, 0.25) is 5.02 Å². The Balaban J connectivity index is 3.40. The molecule has 0 fully saturated rings. The van der Waals surface area contributed by atoms with Gasteiger partial charge in [0, 0.05) is 16.7 Å². The van der Waals surface area contributed by atoms with E-state index in [2.05, 4.69) is 0 Å². The Bertz CT molecular complexity index is 459. The lowest BCUT2D eigenvalue weighted by Gasteiger charge is -2.16. The summed E-state index contributed by atoms with van der Waals surface area (Å²) in [5, 5.41) is 20.3. The van der Waals surface area contributed by atoms with Crippen LogP contribution in [0.5, 0.6) is 0 Å². The van der Waals surface area contributed by atoms with Gasteiger partial charge in [-0.15, -0.1) is 0 Å². The molecule has 0 aliphatic carbocycles. The van der Waals surface area contributed by atoms with Crippen LogP contribution >= 0.6 is 11.6 Å². The fraction of sp³-hybridized carbons (Fsp3) is 0.364. The maximum absolute atomic E-state index is 11.2. The maximum Gasteiger partial charge on any atom is 0.311 e. The second-order valence-corrected chi connectivity index (χ2v) is 4.46. The van der Waals surface area contributed by atoms with Crippen molar-refractivity contribution in [2.24, 2.45) is 5.92 Å². The molecule has 1 aromatic carbocycles. The highest BCUT2D eigenvalue weighted by Gasteiger charge is 2.30. The SMILES string of the molecule is CC(C)C(C(=O)O)c1cc(Cl)ccc1[N+](=O)[O-]. The first-order valence-electron chi connectivity index (χ1n) is 5.01. The molecule has 1 rings (SSSR count). The van der Waals surface area contributed by atoms with Gasteiger partial charge in [0.15, 0.2) is 0 Å². The molecule has 0 saturated carbocycles. The Morgan fingerprint density at radius 1 is 1.47 bits per heavy atom. The number of aliphatic carboxylic acids is 1. The molecule has 0 amide bonds. The number of nitro benzene ring substituents is 1. The van der Waals surface area contributed by atoms with Crippen molar-refractivity contribution in [1.82, 2.24) is 0 Å². The summed E-state index contributed by atoms with van der Waals surface area (Å²) in [6.07, 6.45) is 0. The van der Waals surface area contributed by atoms with Gasteiger partial charge in [0.25, 0.3) is 5.69 Å². The summed E-state index contributed by atoms with van der Waals surface area (Å²) in [7, 11) is 0. The normalized spacial score (nSPS) is 12.5. The predicted octanol–water partition coefficient (Wildman–Crippen LogP) is 3.07. The molecule has 0 heterocycles. The minimum atomic E-state index is -1.09. The molecule has 0 saturated heterocycles. The van der Waals surface area contributed by atoms with Crippen LogP contribution in [0, 0.1) is 16.0 Å². The van der Waals surface area contributed by atoms with Gasteiger partial charge in [0.1, 0.15) is 0 Å². The smallest absolute Gasteiger partial charge is 0.311 e. The fourth-order valence-corrected chi connectivity index (χ4v) is 1.90. The lowest BCUT2D eigenvalue weighted by molar-refractivity contribution is -0.385. The Hall–Kier alpha value is -1.62. The van der Waals surface area contributed by atoms with Crippen LogP contribution in [0.25, 0.3) is 0 Å². The molecule has 0 spiro atoms. The molecular formula is C11H12ClNO4. The standard InChI is InChI=1S/C11H12ClNO4/c1-6(2)10(11(14)15)8-5-7(12)3-4-9(8)13(16)17/h3-6,10H,1-2H3,(H,14,15). The molecule has 1 aromatic rings. The van der Waals surface area contributed by atoms with Crippen molar-refractivity contribution in [2.75, 3.05) is 0 Å². The summed E-state index contributed by atoms with van der Waals surface area (Å²) in [5.41, 5.74) is -0.0690. The average molecular weight is 258 g/mol. The summed E-state index contributed by atoms with van der Waals surface area (Å²) < 4.78 is 0. The number of carbonyl (C=O) groups is 1. The molecular weight excluding hydrogens is 246 g/mol. The van der Waals surface area contributed by atoms with E-state index in [1.807, 2.05) is 0 Å². The molecule has 0 aromatic heterocycles. The van der Waals surface area contributed by atoms with Gasteiger partial charge in [-0.3, -0.25) is 14.9 Å². The number of nitro groups is 1. The van der Waals surface area contributed by atoms with E-state index in [1.54, 1.807) is 13.8 Å². The Morgan fingerprint density at radius 3 is 2.47 bits per heavy atom. The van der Waals surface area contributed by atoms with Crippen LogP contribution in [-0.4, -0.2) is 16.0 Å². The second kappa shape index (κ2) is 5.14. The third-order valence-corrected chi connectivity index (χ3v) is 2.69. The largest absolute Gasteiger partial charge is 0.481 e. The number of hydrogen-bond acceptors (Lipinski definition) is 3. The first kappa shape index (κ1) is 13.4. The van der Waals surface area contributed by atoms with Crippen LogP contribution in [0.4, 0.5) is 5.69 Å². The Kier molecular flexibility index (Phi) is 4.07. The Labute approximate surface area is 103 Å². The quantitative estimate of drug-likeness (QED) is 0.664. The van der Waals surface area contributed by atoms with Crippen LogP contribution < -0.4 is 0 Å². The molecule has 17 heavy (non-hydrogen) atoms. The highest BCUT2D eigenvalue weighted by molar-refractivity contribution is 6.30. The lowest BCUT2D eigenvalue weighted by atomic mass is 9.87. The highest BCUT2D eigenvalue weighted by Crippen LogP contribution is 2.33. The van der Waals surface area contributed by atoms with Gasteiger partial charge in [-0.1, -0.05) is 25.4 Å². The zero-order valence-electron chi connectivity index (χ0n) is 9.38. The van der Waals surface area contributed by atoms with Gasteiger partial charge in [0.2, 0.25) is 0 Å². The van der Waals surface area contributed by atoms with Gasteiger partial charge >= 0.3 is 5.97 Å². The third kappa shape index (κ3) is 2.94. The summed E-state index contributed by atoms with van der Waals surface area (Å²) in [4.78, 5) is 21.4. The van der Waals surface area contributed by atoms with E-state index in [-0.39, 0.29) is 22.2 Å². The van der Waals surface area contributed by atoms with Gasteiger partial charge in [0.05, 0.1) is 10.8 Å². The zero-order chi connectivity index (χ0) is 13.2. The van der Waals surface area contributed by atoms with Crippen molar-refractivity contribution < 1.29 is 14.8 Å². The highest BCUT2D eigenvalue weighted by atomic mass is 35.5. The topological polar surface area (TPSA) is 80.4 Å². The molecule has 6 heteroatoms. The molecule has 0 radical (unpaired) electrons. The van der Waals surface area contributed by atoms with Crippen molar-refractivity contribution >= 4 is 23.3 Å². The molecule has 0 bridgehead atoms. The lowest BCUT2D eigenvalue weighted by Crippen LogP contribution is -2.18. The van der Waals surface area contributed by atoms with E-state index < -0.39 is 16.8 Å². The summed E-state index contributed by atoms with van der Waals surface area (Å²) in [6.45, 7) is 3.40. The molecule has 0 aliphatic rings. The van der Waals surface area contributed by atoms with E-state index >= 15 is 0 Å². The number of carboxylic acids is 1. The van der Waals surface area contributed by atoms with E-state index in [9.17, 15) is 14.9 Å². The van der Waals surface area contributed by atoms with Gasteiger partial charge in [-0.2, -0.15) is 0 Å². The number of hydrogen-bond donors (Lipinski definition) is 1. The molecule has 1 N–H and O–H groups in total. The van der Waals surface area contributed by atoms with E-state index in [1.165, 1.54) is 18.2 Å².